The van der Waals surface area contributed by atoms with E-state index in [4.69, 9.17) is 4.74 Å². The van der Waals surface area contributed by atoms with Gasteiger partial charge in [-0.3, -0.25) is 9.97 Å². The fourth-order valence-electron chi connectivity index (χ4n) is 2.29. The Kier molecular flexibility index (Phi) is 5.62. The molecule has 0 amide bonds. The second-order valence-corrected chi connectivity index (χ2v) is 5.44. The van der Waals surface area contributed by atoms with Crippen molar-refractivity contribution in [3.8, 4) is 17.1 Å². The predicted octanol–water partition coefficient (Wildman–Crippen LogP) is 3.50. The van der Waals surface area contributed by atoms with Gasteiger partial charge in [0.2, 0.25) is 0 Å². The van der Waals surface area contributed by atoms with Crippen LogP contribution in [0.5, 0.6) is 5.75 Å². The van der Waals surface area contributed by atoms with Gasteiger partial charge in [0.25, 0.3) is 6.43 Å². The van der Waals surface area contributed by atoms with E-state index in [0.717, 1.165) is 5.69 Å². The second-order valence-electron chi connectivity index (χ2n) is 5.44. The van der Waals surface area contributed by atoms with Crippen molar-refractivity contribution >= 4 is 5.82 Å². The lowest BCUT2D eigenvalue weighted by Crippen LogP contribution is -2.08. The average Bonchev–Trinajstić information content (AvgIpc) is 2.65. The van der Waals surface area contributed by atoms with Crippen LogP contribution in [-0.4, -0.2) is 33.0 Å². The summed E-state index contributed by atoms with van der Waals surface area (Å²) in [6.45, 7) is 1.52. The quantitative estimate of drug-likeness (QED) is 0.698. The zero-order valence-electron chi connectivity index (χ0n) is 14.1. The summed E-state index contributed by atoms with van der Waals surface area (Å²) >= 11 is 0. The average molecular weight is 357 g/mol. The van der Waals surface area contributed by atoms with E-state index in [-0.39, 0.29) is 0 Å². The molecule has 0 radical (unpaired) electrons. The highest BCUT2D eigenvalue weighted by molar-refractivity contribution is 5.58. The number of aryl methyl sites for hydroxylation is 1. The Balaban J connectivity index is 1.70. The molecule has 0 spiro atoms. The molecule has 3 aromatic heterocycles. The predicted molar refractivity (Wildman–Crippen MR) is 93.1 cm³/mol. The molecule has 0 aliphatic heterocycles. The minimum Gasteiger partial charge on any atom is -0.488 e. The first kappa shape index (κ1) is 17.7. The van der Waals surface area contributed by atoms with Crippen LogP contribution < -0.4 is 10.1 Å². The Morgan fingerprint density at radius 1 is 1.04 bits per heavy atom. The van der Waals surface area contributed by atoms with Crippen LogP contribution >= 0.6 is 0 Å². The zero-order chi connectivity index (χ0) is 18.4. The number of aromatic nitrogens is 4. The van der Waals surface area contributed by atoms with Gasteiger partial charge in [0.1, 0.15) is 24.0 Å². The molecule has 0 unspecified atom stereocenters. The summed E-state index contributed by atoms with van der Waals surface area (Å²) in [5, 5.41) is 3.16. The maximum absolute atomic E-state index is 12.2. The summed E-state index contributed by atoms with van der Waals surface area (Å²) in [4.78, 5) is 17.2. The van der Waals surface area contributed by atoms with Crippen molar-refractivity contribution < 1.29 is 13.5 Å². The summed E-state index contributed by atoms with van der Waals surface area (Å²) < 4.78 is 29.5. The van der Waals surface area contributed by atoms with Crippen LogP contribution in [0.4, 0.5) is 14.6 Å². The van der Waals surface area contributed by atoms with Crippen LogP contribution in [-0.2, 0) is 6.54 Å². The Bertz CT molecular complexity index is 861. The smallest absolute Gasteiger partial charge is 0.272 e. The Hall–Kier alpha value is -3.16. The van der Waals surface area contributed by atoms with Crippen LogP contribution in [0, 0.1) is 6.92 Å². The number of nitrogens with zero attached hydrogens (tertiary/aromatic N) is 4. The van der Waals surface area contributed by atoms with Crippen molar-refractivity contribution in [2.75, 3.05) is 11.9 Å². The molecule has 0 saturated carbocycles. The van der Waals surface area contributed by atoms with E-state index in [1.807, 2.05) is 18.2 Å². The highest BCUT2D eigenvalue weighted by Crippen LogP contribution is 2.18. The number of ether oxygens (including phenoxy) is 1. The Morgan fingerprint density at radius 3 is 2.69 bits per heavy atom. The van der Waals surface area contributed by atoms with Crippen molar-refractivity contribution in [1.82, 2.24) is 19.9 Å². The minimum atomic E-state index is -2.52. The summed E-state index contributed by atoms with van der Waals surface area (Å²) in [7, 11) is 0. The number of halogens is 2. The van der Waals surface area contributed by atoms with Crippen molar-refractivity contribution in [3.63, 3.8) is 0 Å². The minimum absolute atomic E-state index is 0.352. The van der Waals surface area contributed by atoms with E-state index in [2.05, 4.69) is 25.3 Å². The number of nitrogens with one attached hydrogen (secondary N) is 1. The standard InChI is InChI=1S/C18H17F2N5O/c1-12-24-16(15-4-2-3-6-22-15)9-18(25-12)23-10-13-8-14(5-7-21-13)26-11-17(19)20/h2-9,17H,10-11H2,1H3,(H,23,24,25). The van der Waals surface area contributed by atoms with Gasteiger partial charge < -0.3 is 10.1 Å². The molecule has 1 N–H and O–H groups in total. The monoisotopic (exact) mass is 357 g/mol. The van der Waals surface area contributed by atoms with E-state index in [0.29, 0.717) is 35.3 Å². The van der Waals surface area contributed by atoms with E-state index in [1.165, 1.54) is 6.20 Å². The molecule has 3 heterocycles. The van der Waals surface area contributed by atoms with Crippen molar-refractivity contribution in [1.29, 1.82) is 0 Å². The lowest BCUT2D eigenvalue weighted by Gasteiger charge is -2.10. The Labute approximate surface area is 149 Å². The van der Waals surface area contributed by atoms with Gasteiger partial charge in [0.05, 0.1) is 23.6 Å². The van der Waals surface area contributed by atoms with Crippen LogP contribution in [0.15, 0.2) is 48.8 Å². The fraction of sp³-hybridized carbons (Fsp3) is 0.222. The summed E-state index contributed by atoms with van der Waals surface area (Å²) in [5.74, 6) is 1.58. The maximum Gasteiger partial charge on any atom is 0.272 e. The number of alkyl halides is 2. The van der Waals surface area contributed by atoms with Crippen molar-refractivity contribution in [2.45, 2.75) is 19.9 Å². The lowest BCUT2D eigenvalue weighted by molar-refractivity contribution is 0.0818. The van der Waals surface area contributed by atoms with Crippen LogP contribution in [0.1, 0.15) is 11.5 Å². The highest BCUT2D eigenvalue weighted by Gasteiger charge is 2.07. The first-order chi connectivity index (χ1) is 12.6. The van der Waals surface area contributed by atoms with Gasteiger partial charge in [0, 0.05) is 24.5 Å². The number of anilines is 1. The molecule has 3 rings (SSSR count). The molecule has 0 bridgehead atoms. The third-order valence-electron chi connectivity index (χ3n) is 3.38. The van der Waals surface area contributed by atoms with Gasteiger partial charge in [-0.05, 0) is 25.1 Å². The highest BCUT2D eigenvalue weighted by atomic mass is 19.3. The molecule has 0 aliphatic rings. The van der Waals surface area contributed by atoms with Gasteiger partial charge in [0.15, 0.2) is 0 Å². The van der Waals surface area contributed by atoms with Gasteiger partial charge in [-0.25, -0.2) is 18.7 Å². The SMILES string of the molecule is Cc1nc(NCc2cc(OCC(F)F)ccn2)cc(-c2ccccn2)n1. The summed E-state index contributed by atoms with van der Waals surface area (Å²) in [6, 6.07) is 10.6. The first-order valence-electron chi connectivity index (χ1n) is 7.97. The summed E-state index contributed by atoms with van der Waals surface area (Å²) in [5.41, 5.74) is 2.11. The van der Waals surface area contributed by atoms with E-state index in [9.17, 15) is 8.78 Å². The van der Waals surface area contributed by atoms with E-state index >= 15 is 0 Å². The first-order valence-corrected chi connectivity index (χ1v) is 7.97. The molecule has 3 aromatic rings. The largest absolute Gasteiger partial charge is 0.488 e. The van der Waals surface area contributed by atoms with Crippen molar-refractivity contribution in [3.05, 3.63) is 60.3 Å². The molecule has 0 atom stereocenters. The fourth-order valence-corrected chi connectivity index (χ4v) is 2.29. The van der Waals surface area contributed by atoms with Gasteiger partial charge >= 0.3 is 0 Å². The zero-order valence-corrected chi connectivity index (χ0v) is 14.1. The van der Waals surface area contributed by atoms with Crippen LogP contribution in [0.25, 0.3) is 11.4 Å². The van der Waals surface area contributed by atoms with Gasteiger partial charge in [-0.2, -0.15) is 0 Å². The number of hydrogen-bond acceptors (Lipinski definition) is 6. The normalized spacial score (nSPS) is 10.8. The van der Waals surface area contributed by atoms with Crippen molar-refractivity contribution in [2.24, 2.45) is 0 Å². The van der Waals surface area contributed by atoms with Crippen LogP contribution in [0.2, 0.25) is 0 Å². The van der Waals surface area contributed by atoms with E-state index in [1.54, 1.807) is 31.3 Å². The third kappa shape index (κ3) is 4.92. The third-order valence-corrected chi connectivity index (χ3v) is 3.38. The number of hydrogen-bond donors (Lipinski definition) is 1. The molecular weight excluding hydrogens is 340 g/mol. The molecule has 134 valence electrons. The number of pyridine rings is 2. The van der Waals surface area contributed by atoms with Gasteiger partial charge in [-0.15, -0.1) is 0 Å². The van der Waals surface area contributed by atoms with E-state index < -0.39 is 13.0 Å². The van der Waals surface area contributed by atoms with Gasteiger partial charge in [-0.1, -0.05) is 6.07 Å². The molecule has 0 aliphatic carbocycles. The molecule has 0 aromatic carbocycles. The van der Waals surface area contributed by atoms with Crippen LogP contribution in [0.3, 0.4) is 0 Å². The molecule has 8 heteroatoms. The Morgan fingerprint density at radius 2 is 1.92 bits per heavy atom. The maximum atomic E-state index is 12.2. The molecule has 26 heavy (non-hydrogen) atoms. The lowest BCUT2D eigenvalue weighted by atomic mass is 10.2. The summed E-state index contributed by atoms with van der Waals surface area (Å²) in [6.07, 6.45) is 0.704. The second kappa shape index (κ2) is 8.28. The number of rotatable bonds is 7. The topological polar surface area (TPSA) is 72.8 Å². The molecule has 0 saturated heterocycles. The molecule has 0 fully saturated rings. The molecular formula is C18H17F2N5O. The molecule has 6 nitrogen and oxygen atoms in total.